The number of aromatic nitrogens is 1. The van der Waals surface area contributed by atoms with Gasteiger partial charge >= 0.3 is 0 Å². The zero-order valence-electron chi connectivity index (χ0n) is 27.4. The molecule has 10 nitrogen and oxygen atoms in total. The van der Waals surface area contributed by atoms with Crippen molar-refractivity contribution in [3.63, 3.8) is 0 Å². The number of hydrogen-bond acceptors (Lipinski definition) is 8. The van der Waals surface area contributed by atoms with Crippen LogP contribution < -0.4 is 20.8 Å². The molecule has 0 spiro atoms. The maximum atomic E-state index is 15.9. The molecule has 0 aliphatic carbocycles. The number of pyridine rings is 1. The normalized spacial score (nSPS) is 17.5. The Morgan fingerprint density at radius 2 is 1.47 bits per heavy atom. The molecule has 47 heavy (non-hydrogen) atoms. The topological polar surface area (TPSA) is 85.3 Å². The fourth-order valence-electron chi connectivity index (χ4n) is 6.89. The first-order chi connectivity index (χ1) is 22.9. The molecule has 0 unspecified atom stereocenters. The van der Waals surface area contributed by atoms with Gasteiger partial charge < -0.3 is 39.5 Å². The number of carbonyl (C=O) groups excluding carboxylic acids is 1. The Morgan fingerprint density at radius 3 is 2.13 bits per heavy atom. The Hall–Kier alpha value is -4.03. The number of anilines is 1. The Balaban J connectivity index is 1.17. The van der Waals surface area contributed by atoms with Crippen LogP contribution in [-0.4, -0.2) is 123 Å². The van der Waals surface area contributed by atoms with Crippen LogP contribution in [0.15, 0.2) is 53.5 Å². The van der Waals surface area contributed by atoms with Gasteiger partial charge in [0.15, 0.2) is 17.3 Å². The first-order valence-corrected chi connectivity index (χ1v) is 16.8. The highest BCUT2D eigenvalue weighted by molar-refractivity contribution is 6.02. The molecule has 4 aromatic rings. The van der Waals surface area contributed by atoms with Crippen molar-refractivity contribution in [1.29, 1.82) is 0 Å². The molecule has 2 saturated heterocycles. The molecule has 0 bridgehead atoms. The lowest BCUT2D eigenvalue weighted by Gasteiger charge is -2.32. The van der Waals surface area contributed by atoms with Gasteiger partial charge in [-0.05, 0) is 69.0 Å². The first-order valence-electron chi connectivity index (χ1n) is 16.8. The van der Waals surface area contributed by atoms with E-state index >= 15 is 4.39 Å². The third-order valence-electron chi connectivity index (χ3n) is 9.82. The van der Waals surface area contributed by atoms with Crippen LogP contribution in [0.2, 0.25) is 0 Å². The summed E-state index contributed by atoms with van der Waals surface area (Å²) in [5, 5.41) is 8.31. The summed E-state index contributed by atoms with van der Waals surface area (Å²) < 4.78 is 24.2. The molecule has 3 aliphatic rings. The molecule has 0 radical (unpaired) electrons. The quantitative estimate of drug-likeness (QED) is 0.223. The summed E-state index contributed by atoms with van der Waals surface area (Å²) in [4.78, 5) is 36.8. The Kier molecular flexibility index (Phi) is 9.13. The predicted octanol–water partition coefficient (Wildman–Crippen LogP) is 3.81. The summed E-state index contributed by atoms with van der Waals surface area (Å²) in [5.74, 6) is -0.241. The number of hydrogen-bond donors (Lipinski definition) is 2. The average molecular weight is 642 g/mol. The summed E-state index contributed by atoms with van der Waals surface area (Å²) in [5.41, 5.74) is 0.841. The number of fused-ring (bicyclic) bond motifs is 3. The summed E-state index contributed by atoms with van der Waals surface area (Å²) in [6.45, 7) is 11.0. The maximum Gasteiger partial charge on any atom is 0.256 e. The van der Waals surface area contributed by atoms with E-state index in [1.165, 1.54) is 6.07 Å². The van der Waals surface area contributed by atoms with Gasteiger partial charge in [0.25, 0.3) is 5.91 Å². The lowest BCUT2D eigenvalue weighted by atomic mass is 10.0. The second-order valence-corrected chi connectivity index (χ2v) is 13.1. The number of rotatable bonds is 10. The van der Waals surface area contributed by atoms with Crippen molar-refractivity contribution in [3.8, 4) is 17.2 Å². The second kappa shape index (κ2) is 13.6. The van der Waals surface area contributed by atoms with Gasteiger partial charge in [-0.15, -0.1) is 0 Å². The standard InChI is InChI=1S/C36H44FN7O3/c1-40-13-17-42(18-14-40)11-5-9-38-32-29(37)23-27-33-35(32)47-31-22-26-8-4-3-7-25(26)21-30(31)44(33)24-28(34(27)45)36(46)39-10-6-12-43-19-15-41(2)16-20-43/h3-4,7-8,21-24,38H,5-6,9-20H2,1-2H3,(H,39,46). The Morgan fingerprint density at radius 1 is 0.851 bits per heavy atom. The SMILES string of the molecule is CN1CCN(CCCNC(=O)c2cn3c4c(c(NCCCN5CCN(C)CC5)c(F)cc4c2=O)Oc2cc4ccccc4cc2-3)CC1. The number of amides is 1. The molecule has 4 heterocycles. The van der Waals surface area contributed by atoms with E-state index in [0.717, 1.165) is 89.1 Å². The minimum Gasteiger partial charge on any atom is -0.451 e. The van der Waals surface area contributed by atoms with E-state index in [-0.39, 0.29) is 22.4 Å². The Bertz CT molecular complexity index is 1840. The molecule has 2 N–H and O–H groups in total. The molecular formula is C36H44FN7O3. The number of ether oxygens (including phenoxy) is 1. The lowest BCUT2D eigenvalue weighted by Crippen LogP contribution is -2.45. The summed E-state index contributed by atoms with van der Waals surface area (Å²) >= 11 is 0. The van der Waals surface area contributed by atoms with Crippen LogP contribution in [0, 0.1) is 5.82 Å². The second-order valence-electron chi connectivity index (χ2n) is 13.1. The minimum atomic E-state index is -0.579. The number of likely N-dealkylation sites (N-methyl/N-ethyl adjacent to an activating group) is 2. The number of nitrogens with zero attached hydrogens (tertiary/aromatic N) is 5. The van der Waals surface area contributed by atoms with Crippen molar-refractivity contribution < 1.29 is 13.9 Å². The zero-order valence-corrected chi connectivity index (χ0v) is 27.4. The molecule has 3 aromatic carbocycles. The summed E-state index contributed by atoms with van der Waals surface area (Å²) in [6.07, 6.45) is 3.21. The van der Waals surface area contributed by atoms with E-state index in [1.807, 2.05) is 41.0 Å². The van der Waals surface area contributed by atoms with Crippen molar-refractivity contribution in [2.75, 3.05) is 97.9 Å². The van der Waals surface area contributed by atoms with Crippen LogP contribution in [0.5, 0.6) is 11.5 Å². The number of piperazine rings is 2. The highest BCUT2D eigenvalue weighted by Gasteiger charge is 2.29. The van der Waals surface area contributed by atoms with Crippen molar-refractivity contribution in [2.45, 2.75) is 12.8 Å². The van der Waals surface area contributed by atoms with E-state index in [0.29, 0.717) is 30.0 Å². The van der Waals surface area contributed by atoms with Gasteiger partial charge in [0.05, 0.1) is 11.1 Å². The van der Waals surface area contributed by atoms with Crippen LogP contribution in [0.4, 0.5) is 10.1 Å². The van der Waals surface area contributed by atoms with Crippen LogP contribution in [0.1, 0.15) is 23.2 Å². The third-order valence-corrected chi connectivity index (χ3v) is 9.82. The van der Waals surface area contributed by atoms with Gasteiger partial charge in [-0.2, -0.15) is 0 Å². The molecule has 248 valence electrons. The molecule has 2 fully saturated rings. The van der Waals surface area contributed by atoms with E-state index in [1.54, 1.807) is 6.20 Å². The van der Waals surface area contributed by atoms with E-state index < -0.39 is 17.2 Å². The number of halogens is 1. The molecule has 11 heteroatoms. The molecule has 0 atom stereocenters. The highest BCUT2D eigenvalue weighted by Crippen LogP contribution is 2.46. The van der Waals surface area contributed by atoms with Crippen molar-refractivity contribution in [2.24, 2.45) is 0 Å². The molecule has 0 saturated carbocycles. The van der Waals surface area contributed by atoms with Crippen LogP contribution in [0.3, 0.4) is 0 Å². The first kappa shape index (κ1) is 31.6. The van der Waals surface area contributed by atoms with Gasteiger partial charge in [0.2, 0.25) is 5.43 Å². The van der Waals surface area contributed by atoms with Gasteiger partial charge in [-0.25, -0.2) is 4.39 Å². The van der Waals surface area contributed by atoms with Gasteiger partial charge in [-0.1, -0.05) is 24.3 Å². The van der Waals surface area contributed by atoms with Crippen LogP contribution >= 0.6 is 0 Å². The number of carbonyl (C=O) groups is 1. The highest BCUT2D eigenvalue weighted by atomic mass is 19.1. The molecule has 3 aliphatic heterocycles. The van der Waals surface area contributed by atoms with E-state index in [2.05, 4.69) is 44.3 Å². The van der Waals surface area contributed by atoms with Gasteiger partial charge in [0, 0.05) is 71.6 Å². The fourth-order valence-corrected chi connectivity index (χ4v) is 6.89. The van der Waals surface area contributed by atoms with Crippen molar-refractivity contribution in [1.82, 2.24) is 29.5 Å². The van der Waals surface area contributed by atoms with Crippen LogP contribution in [0.25, 0.3) is 27.4 Å². The zero-order chi connectivity index (χ0) is 32.5. The number of benzene rings is 3. The molecule has 1 aromatic heterocycles. The summed E-state index contributed by atoms with van der Waals surface area (Å²) in [7, 11) is 4.27. The third kappa shape index (κ3) is 6.58. The number of nitrogens with one attached hydrogen (secondary N) is 2. The minimum absolute atomic E-state index is 0.0173. The molecular weight excluding hydrogens is 597 g/mol. The van der Waals surface area contributed by atoms with E-state index in [9.17, 15) is 9.59 Å². The Labute approximate surface area is 274 Å². The largest absolute Gasteiger partial charge is 0.451 e. The van der Waals surface area contributed by atoms with E-state index in [4.69, 9.17) is 4.74 Å². The molecule has 1 amide bonds. The van der Waals surface area contributed by atoms with Gasteiger partial charge in [-0.3, -0.25) is 9.59 Å². The van der Waals surface area contributed by atoms with Gasteiger partial charge in [0.1, 0.15) is 16.8 Å². The fraction of sp³-hybridized carbons (Fsp3) is 0.444. The maximum absolute atomic E-state index is 15.9. The van der Waals surface area contributed by atoms with Crippen LogP contribution in [-0.2, 0) is 0 Å². The van der Waals surface area contributed by atoms with Crippen molar-refractivity contribution in [3.05, 3.63) is 70.3 Å². The average Bonchev–Trinajstić information content (AvgIpc) is 3.07. The summed E-state index contributed by atoms with van der Waals surface area (Å²) in [6, 6.07) is 13.1. The molecule has 7 rings (SSSR count). The van der Waals surface area contributed by atoms with Crippen molar-refractivity contribution >= 4 is 33.3 Å². The lowest BCUT2D eigenvalue weighted by molar-refractivity contribution is 0.0948. The smallest absolute Gasteiger partial charge is 0.256 e. The monoisotopic (exact) mass is 641 g/mol. The predicted molar refractivity (Wildman–Crippen MR) is 185 cm³/mol.